The van der Waals surface area contributed by atoms with Gasteiger partial charge >= 0.3 is 0 Å². The number of methoxy groups -OCH3 is 6. The van der Waals surface area contributed by atoms with Crippen molar-refractivity contribution in [3.8, 4) is 34.5 Å². The molecule has 15 rings (SSSR count). The van der Waals surface area contributed by atoms with E-state index in [0.29, 0.717) is 51.5 Å². The van der Waals surface area contributed by atoms with Gasteiger partial charge < -0.3 is 56.8 Å². The van der Waals surface area contributed by atoms with Gasteiger partial charge in [-0.2, -0.15) is 0 Å². The molecule has 5 aliphatic heterocycles. The van der Waals surface area contributed by atoms with Gasteiger partial charge in [0.2, 0.25) is 0 Å². The van der Waals surface area contributed by atoms with Gasteiger partial charge in [0.15, 0.2) is 0 Å². The molecule has 4 aliphatic carbocycles. The van der Waals surface area contributed by atoms with Gasteiger partial charge in [0.05, 0.1) is 129 Å². The van der Waals surface area contributed by atoms with Crippen LogP contribution in [0.4, 0.5) is 0 Å². The second kappa shape index (κ2) is 53.9. The lowest BCUT2D eigenvalue weighted by Crippen LogP contribution is -2.62. The van der Waals surface area contributed by atoms with Gasteiger partial charge in [-0.15, -0.1) is 0 Å². The summed E-state index contributed by atoms with van der Waals surface area (Å²) in [7, 11) is 10.9. The lowest BCUT2D eigenvalue weighted by Gasteiger charge is -2.53. The molecule has 20 heteroatoms. The van der Waals surface area contributed by atoms with E-state index in [1.165, 1.54) is 151 Å². The van der Waals surface area contributed by atoms with Crippen molar-refractivity contribution in [2.24, 2.45) is 59.2 Å². The first-order chi connectivity index (χ1) is 67.9. The minimum Gasteiger partial charge on any atom is -0.497 e. The van der Waals surface area contributed by atoms with E-state index < -0.39 is 36.9 Å². The van der Waals surface area contributed by atoms with Gasteiger partial charge in [0.25, 0.3) is 0 Å². The fourth-order valence-corrected chi connectivity index (χ4v) is 27.3. The minimum absolute atomic E-state index is 0.132. The number of rotatable bonds is 54. The summed E-state index contributed by atoms with van der Waals surface area (Å²) in [5.41, 5.74) is 6.99. The van der Waals surface area contributed by atoms with E-state index in [0.717, 1.165) is 123 Å². The third-order valence-electron chi connectivity index (χ3n) is 33.9. The van der Waals surface area contributed by atoms with Crippen molar-refractivity contribution in [3.63, 3.8) is 0 Å². The van der Waals surface area contributed by atoms with Crippen LogP contribution in [-0.4, -0.2) is 168 Å². The highest BCUT2D eigenvalue weighted by Gasteiger charge is 2.68. The Kier molecular flexibility index (Phi) is 41.4. The SMILES string of the molecule is CCCCCCCCCCC1CCC(CCCCCCCCCC)C2C3NC(NC4NC(NC5NC(NC6NC(N3)C3C(OCCCC)C(c7cccc(OC)c7)C(c7cccc(OC)c7)C(OCCCC)C63)C3C(OCCCC)C(c6cccc(OC)c6)C(c6cccc(OC)c6)C(OCCCC)C53)C3C(OCCCC)C(c5cccc(OC)c5)C(c5cccc(OC)c5)C(OCCCC)C43)C12. The average molecular weight is 1900 g/mol. The molecule has 138 heavy (non-hydrogen) atoms. The number of ether oxygens (including phenoxy) is 12. The fourth-order valence-electron chi connectivity index (χ4n) is 27.3. The predicted octanol–water partition coefficient (Wildman–Crippen LogP) is 23.3. The first-order valence-electron chi connectivity index (χ1n) is 55.6. The summed E-state index contributed by atoms with van der Waals surface area (Å²) in [5.74, 6) is 3.68. The minimum atomic E-state index is -0.436. The maximum Gasteiger partial charge on any atom is 0.119 e. The van der Waals surface area contributed by atoms with Gasteiger partial charge in [0, 0.05) is 111 Å². The van der Waals surface area contributed by atoms with Crippen molar-refractivity contribution in [1.29, 1.82) is 0 Å². The second-order valence-corrected chi connectivity index (χ2v) is 42.3. The van der Waals surface area contributed by atoms with Crippen molar-refractivity contribution in [2.45, 2.75) is 382 Å². The molecule has 5 saturated heterocycles. The van der Waals surface area contributed by atoms with Gasteiger partial charge in [0.1, 0.15) is 34.5 Å². The van der Waals surface area contributed by atoms with Gasteiger partial charge in [-0.25, -0.2) is 0 Å². The molecule has 8 N–H and O–H groups in total. The maximum absolute atomic E-state index is 8.18. The van der Waals surface area contributed by atoms with E-state index >= 15 is 0 Å². The molecule has 4 saturated carbocycles. The molecule has 5 heterocycles. The normalized spacial score (nSPS) is 32.5. The van der Waals surface area contributed by atoms with Crippen LogP contribution in [-0.2, 0) is 28.4 Å². The Labute approximate surface area is 831 Å². The predicted molar refractivity (Wildman–Crippen MR) is 556 cm³/mol. The third-order valence-corrected chi connectivity index (χ3v) is 33.9. The summed E-state index contributed by atoms with van der Waals surface area (Å²) in [4.78, 5) is 0. The van der Waals surface area contributed by atoms with Gasteiger partial charge in [-0.1, -0.05) is 282 Å². The Balaban J connectivity index is 1.01. The first kappa shape index (κ1) is 106. The molecule has 6 aromatic carbocycles. The third kappa shape index (κ3) is 25.0. The topological polar surface area (TPSA) is 207 Å². The van der Waals surface area contributed by atoms with Crippen LogP contribution in [0, 0.1) is 59.2 Å². The zero-order valence-corrected chi connectivity index (χ0v) is 86.9. The summed E-state index contributed by atoms with van der Waals surface area (Å²) in [5, 5.41) is 38.6. The Morgan fingerprint density at radius 3 is 0.543 bits per heavy atom. The van der Waals surface area contributed by atoms with E-state index in [9.17, 15) is 0 Å². The second-order valence-electron chi connectivity index (χ2n) is 42.3. The number of benzene rings is 6. The zero-order chi connectivity index (χ0) is 96.2. The van der Waals surface area contributed by atoms with Crippen molar-refractivity contribution >= 4 is 0 Å². The number of hydrogen-bond donors (Lipinski definition) is 8. The van der Waals surface area contributed by atoms with Gasteiger partial charge in [-0.3, -0.25) is 42.5 Å². The molecule has 0 amide bonds. The number of hydrogen-bond acceptors (Lipinski definition) is 20. The largest absolute Gasteiger partial charge is 0.497 e. The molecular formula is C118H180N8O12. The molecule has 764 valence electrons. The van der Waals surface area contributed by atoms with Crippen molar-refractivity contribution in [2.75, 3.05) is 82.3 Å². The zero-order valence-electron chi connectivity index (χ0n) is 86.9. The molecule has 9 aliphatic rings. The Morgan fingerprint density at radius 2 is 0.370 bits per heavy atom. The molecule has 0 spiro atoms. The van der Waals surface area contributed by atoms with E-state index in [1.54, 1.807) is 14.2 Å². The number of fused-ring (bicyclic) bond motifs is 20. The highest BCUT2D eigenvalue weighted by Crippen LogP contribution is 2.62. The van der Waals surface area contributed by atoms with E-state index in [-0.39, 0.29) is 132 Å². The van der Waals surface area contributed by atoms with Crippen molar-refractivity contribution in [3.05, 3.63) is 179 Å². The highest BCUT2D eigenvalue weighted by atomic mass is 16.5. The monoisotopic (exact) mass is 1900 g/mol. The van der Waals surface area contributed by atoms with Crippen LogP contribution in [0.3, 0.4) is 0 Å². The molecule has 0 aromatic heterocycles. The lowest BCUT2D eigenvalue weighted by atomic mass is 9.59. The van der Waals surface area contributed by atoms with E-state index in [1.807, 2.05) is 28.4 Å². The van der Waals surface area contributed by atoms with Crippen LogP contribution in [0.15, 0.2) is 146 Å². The summed E-state index contributed by atoms with van der Waals surface area (Å²) in [6.07, 6.45) is 32.0. The Hall–Kier alpha value is -6.44. The fraction of sp³-hybridized carbons (Fsp3) is 0.695. The van der Waals surface area contributed by atoms with Crippen LogP contribution in [0.5, 0.6) is 34.5 Å². The van der Waals surface area contributed by atoms with E-state index in [2.05, 4.69) is 201 Å². The Bertz CT molecular complexity index is 4250. The Morgan fingerprint density at radius 1 is 0.203 bits per heavy atom. The number of unbranched alkanes of at least 4 members (excludes halogenated alkanes) is 20. The van der Waals surface area contributed by atoms with Crippen LogP contribution < -0.4 is 71.0 Å². The number of nitrogens with one attached hydrogen (secondary N) is 8. The molecular weight excluding hydrogens is 1720 g/mol. The molecule has 6 aromatic rings. The quantitative estimate of drug-likeness (QED) is 0.0167. The smallest absolute Gasteiger partial charge is 0.119 e. The molecule has 0 radical (unpaired) electrons. The molecule has 30 atom stereocenters. The average Bonchev–Trinajstić information content (AvgIpc) is 1.54. The first-order valence-corrected chi connectivity index (χ1v) is 55.6. The molecule has 20 nitrogen and oxygen atoms in total. The van der Waals surface area contributed by atoms with E-state index in [4.69, 9.17) is 99.4 Å². The van der Waals surface area contributed by atoms with Crippen LogP contribution in [0.2, 0.25) is 0 Å². The van der Waals surface area contributed by atoms with Crippen LogP contribution >= 0.6 is 0 Å². The molecule has 8 bridgehead atoms. The summed E-state index contributed by atoms with van der Waals surface area (Å²) >= 11 is 0. The molecule has 30 unspecified atom stereocenters. The van der Waals surface area contributed by atoms with Crippen molar-refractivity contribution in [1.82, 2.24) is 42.5 Å². The summed E-state index contributed by atoms with van der Waals surface area (Å²) in [6, 6.07) is 53.7. The standard InChI is InChI=1S/C118H180N8O12/c1-15-23-31-33-35-37-39-41-49-77-63-64-78(50-42-40-38-36-34-32-24-16-2)98-97(77)111-119-112(98)121-114-100-102(108(136-68-28-20-6)94(82-54-46-60-88(74-82)130-12)92(106(100)134-66-26-18-4)80-52-44-58-86(72-80)128-10)116(123-114)125-118-104-103(109(137-69-29-21-7)95(83-55-47-61-89(75-83)131-13)96(110(104)138-70-30-22-8)84-56-48-62-90(76-84)132-14)117(126-118)124-115-101-99(113(120-111)122-115)105(133-65-25-17-3)91(79-51-43-57-85(71-79)127-9)93(107(101)135-67-27-19-5)81-53-45-59-87(73-81)129-11/h43-48,51-62,71-78,91-126H,15-42,49-50,63-70H2,1-14H3. The maximum atomic E-state index is 8.18. The van der Waals surface area contributed by atoms with Crippen LogP contribution in [0.25, 0.3) is 0 Å². The lowest BCUT2D eigenvalue weighted by molar-refractivity contribution is -0.134. The summed E-state index contributed by atoms with van der Waals surface area (Å²) < 4.78 is 87.2. The molecule has 9 fully saturated rings. The summed E-state index contributed by atoms with van der Waals surface area (Å²) in [6.45, 7) is 22.0. The highest BCUT2D eigenvalue weighted by molar-refractivity contribution is 5.46. The van der Waals surface area contributed by atoms with Gasteiger partial charge in [-0.05, 0) is 181 Å². The van der Waals surface area contributed by atoms with Crippen molar-refractivity contribution < 1.29 is 56.8 Å². The van der Waals surface area contributed by atoms with Crippen LogP contribution in [0.1, 0.15) is 330 Å².